The highest BCUT2D eigenvalue weighted by Crippen LogP contribution is 2.23. The van der Waals surface area contributed by atoms with Gasteiger partial charge in [-0.15, -0.1) is 0 Å². The molecule has 0 aromatic heterocycles. The number of amides is 1. The third-order valence-electron chi connectivity index (χ3n) is 4.19. The summed E-state index contributed by atoms with van der Waals surface area (Å²) in [6.07, 6.45) is 4.63. The third-order valence-corrected chi connectivity index (χ3v) is 4.19. The van der Waals surface area contributed by atoms with Gasteiger partial charge < -0.3 is 14.8 Å². The lowest BCUT2D eigenvalue weighted by Crippen LogP contribution is -2.43. The molecule has 1 aliphatic rings. The second-order valence-corrected chi connectivity index (χ2v) is 5.97. The molecule has 1 saturated carbocycles. The van der Waals surface area contributed by atoms with Crippen LogP contribution in [-0.2, 0) is 9.53 Å². The van der Waals surface area contributed by atoms with E-state index in [-0.39, 0.29) is 24.5 Å². The zero-order chi connectivity index (χ0) is 16.7. The fraction of sp³-hybridized carbons (Fsp3) is 0.556. The molecule has 0 bridgehead atoms. The molecule has 1 amide bonds. The van der Waals surface area contributed by atoms with E-state index in [0.717, 1.165) is 6.42 Å². The predicted octanol–water partition coefficient (Wildman–Crippen LogP) is 2.94. The molecule has 2 rings (SSSR count). The second-order valence-electron chi connectivity index (χ2n) is 5.97. The molecular formula is C18H25NO4. The number of carbonyl (C=O) groups excluding carboxylic acids is 2. The molecule has 1 aromatic carbocycles. The minimum Gasteiger partial charge on any atom is -0.484 e. The first-order valence-corrected chi connectivity index (χ1v) is 8.29. The summed E-state index contributed by atoms with van der Waals surface area (Å²) in [5.41, 5.74) is 0.472. The normalized spacial score (nSPS) is 20.6. The SMILES string of the molecule is CCOC(=O)c1ccc(OCC(=O)N[C@H]2CCCC[C@H]2C)cc1. The third kappa shape index (κ3) is 5.27. The van der Waals surface area contributed by atoms with E-state index in [4.69, 9.17) is 9.47 Å². The Morgan fingerprint density at radius 1 is 1.17 bits per heavy atom. The lowest BCUT2D eigenvalue weighted by Gasteiger charge is -2.29. The van der Waals surface area contributed by atoms with Gasteiger partial charge in [0.05, 0.1) is 12.2 Å². The molecule has 1 aromatic rings. The molecule has 126 valence electrons. The van der Waals surface area contributed by atoms with Gasteiger partial charge in [-0.1, -0.05) is 19.8 Å². The van der Waals surface area contributed by atoms with E-state index in [1.165, 1.54) is 19.3 Å². The smallest absolute Gasteiger partial charge is 0.338 e. The van der Waals surface area contributed by atoms with Crippen molar-refractivity contribution in [2.75, 3.05) is 13.2 Å². The molecule has 0 aliphatic heterocycles. The van der Waals surface area contributed by atoms with Gasteiger partial charge in [0.2, 0.25) is 0 Å². The van der Waals surface area contributed by atoms with E-state index in [1.54, 1.807) is 31.2 Å². The van der Waals surface area contributed by atoms with Crippen molar-refractivity contribution < 1.29 is 19.1 Å². The molecule has 23 heavy (non-hydrogen) atoms. The first kappa shape index (κ1) is 17.3. The van der Waals surface area contributed by atoms with Crippen molar-refractivity contribution >= 4 is 11.9 Å². The fourth-order valence-corrected chi connectivity index (χ4v) is 2.83. The number of hydrogen-bond acceptors (Lipinski definition) is 4. The molecule has 1 fully saturated rings. The Morgan fingerprint density at radius 2 is 1.87 bits per heavy atom. The van der Waals surface area contributed by atoms with Gasteiger partial charge in [-0.25, -0.2) is 4.79 Å². The summed E-state index contributed by atoms with van der Waals surface area (Å²) in [7, 11) is 0. The summed E-state index contributed by atoms with van der Waals surface area (Å²) in [5, 5.41) is 3.05. The summed E-state index contributed by atoms with van der Waals surface area (Å²) in [6.45, 7) is 4.28. The number of rotatable bonds is 6. The Balaban J connectivity index is 1.78. The first-order chi connectivity index (χ1) is 11.1. The Hall–Kier alpha value is -2.04. The van der Waals surface area contributed by atoms with Crippen molar-refractivity contribution in [2.24, 2.45) is 5.92 Å². The van der Waals surface area contributed by atoms with Crippen LogP contribution in [0.25, 0.3) is 0 Å². The summed E-state index contributed by atoms with van der Waals surface area (Å²) < 4.78 is 10.4. The highest BCUT2D eigenvalue weighted by atomic mass is 16.5. The van der Waals surface area contributed by atoms with Gasteiger partial charge in [-0.2, -0.15) is 0 Å². The van der Waals surface area contributed by atoms with Gasteiger partial charge in [0, 0.05) is 6.04 Å². The molecule has 5 heteroatoms. The molecule has 2 atom stereocenters. The maximum atomic E-state index is 12.0. The van der Waals surface area contributed by atoms with Crippen LogP contribution in [-0.4, -0.2) is 31.1 Å². The van der Waals surface area contributed by atoms with Crippen LogP contribution in [0, 0.1) is 5.92 Å². The lowest BCUT2D eigenvalue weighted by molar-refractivity contribution is -0.124. The van der Waals surface area contributed by atoms with Gasteiger partial charge in [0.1, 0.15) is 5.75 Å². The second kappa shape index (κ2) is 8.56. The van der Waals surface area contributed by atoms with Crippen LogP contribution >= 0.6 is 0 Å². The van der Waals surface area contributed by atoms with Crippen molar-refractivity contribution in [3.63, 3.8) is 0 Å². The van der Waals surface area contributed by atoms with Crippen LogP contribution in [0.1, 0.15) is 49.9 Å². The van der Waals surface area contributed by atoms with E-state index in [1.807, 2.05) is 0 Å². The number of esters is 1. The molecule has 1 aliphatic carbocycles. The Labute approximate surface area is 137 Å². The van der Waals surface area contributed by atoms with Crippen LogP contribution in [0.3, 0.4) is 0 Å². The zero-order valence-electron chi connectivity index (χ0n) is 13.8. The Kier molecular flexibility index (Phi) is 6.44. The van der Waals surface area contributed by atoms with Crippen molar-refractivity contribution in [3.05, 3.63) is 29.8 Å². The fourth-order valence-electron chi connectivity index (χ4n) is 2.83. The van der Waals surface area contributed by atoms with E-state index in [9.17, 15) is 9.59 Å². The number of nitrogens with one attached hydrogen (secondary N) is 1. The van der Waals surface area contributed by atoms with Crippen molar-refractivity contribution in [1.29, 1.82) is 0 Å². The van der Waals surface area contributed by atoms with Gasteiger partial charge >= 0.3 is 5.97 Å². The van der Waals surface area contributed by atoms with Gasteiger partial charge in [-0.3, -0.25) is 4.79 Å². The minimum atomic E-state index is -0.358. The van der Waals surface area contributed by atoms with Crippen molar-refractivity contribution in [2.45, 2.75) is 45.6 Å². The van der Waals surface area contributed by atoms with Crippen molar-refractivity contribution in [3.8, 4) is 5.75 Å². The highest BCUT2D eigenvalue weighted by molar-refractivity contribution is 5.89. The van der Waals surface area contributed by atoms with Crippen LogP contribution in [0.4, 0.5) is 0 Å². The van der Waals surface area contributed by atoms with Gasteiger partial charge in [0.15, 0.2) is 6.61 Å². The van der Waals surface area contributed by atoms with Gasteiger partial charge in [0.25, 0.3) is 5.91 Å². The average Bonchev–Trinajstić information content (AvgIpc) is 2.56. The summed E-state index contributed by atoms with van der Waals surface area (Å²) in [6, 6.07) is 6.86. The summed E-state index contributed by atoms with van der Waals surface area (Å²) in [5.74, 6) is 0.628. The monoisotopic (exact) mass is 319 g/mol. The molecule has 0 radical (unpaired) electrons. The molecule has 1 N–H and O–H groups in total. The number of benzene rings is 1. The maximum absolute atomic E-state index is 12.0. The Morgan fingerprint density at radius 3 is 2.52 bits per heavy atom. The van der Waals surface area contributed by atoms with Crippen LogP contribution in [0.5, 0.6) is 5.75 Å². The summed E-state index contributed by atoms with van der Waals surface area (Å²) in [4.78, 5) is 23.5. The van der Waals surface area contributed by atoms with Crippen LogP contribution < -0.4 is 10.1 Å². The largest absolute Gasteiger partial charge is 0.484 e. The molecule has 0 saturated heterocycles. The van der Waals surface area contributed by atoms with Crippen LogP contribution in [0.15, 0.2) is 24.3 Å². The number of ether oxygens (including phenoxy) is 2. The maximum Gasteiger partial charge on any atom is 0.338 e. The predicted molar refractivity (Wildman–Crippen MR) is 87.5 cm³/mol. The van der Waals surface area contributed by atoms with E-state index < -0.39 is 0 Å². The molecule has 5 nitrogen and oxygen atoms in total. The first-order valence-electron chi connectivity index (χ1n) is 8.29. The minimum absolute atomic E-state index is 0.0119. The average molecular weight is 319 g/mol. The van der Waals surface area contributed by atoms with E-state index >= 15 is 0 Å². The zero-order valence-corrected chi connectivity index (χ0v) is 13.8. The molecule has 0 spiro atoms. The lowest BCUT2D eigenvalue weighted by atomic mass is 9.86. The van der Waals surface area contributed by atoms with Crippen molar-refractivity contribution in [1.82, 2.24) is 5.32 Å². The number of carbonyl (C=O) groups is 2. The molecule has 0 heterocycles. The standard InChI is InChI=1S/C18H25NO4/c1-3-22-18(21)14-8-10-15(11-9-14)23-12-17(20)19-16-7-5-4-6-13(16)2/h8-11,13,16H,3-7,12H2,1-2H3,(H,19,20)/t13-,16+/m1/s1. The topological polar surface area (TPSA) is 64.6 Å². The molecular weight excluding hydrogens is 294 g/mol. The van der Waals surface area contributed by atoms with Gasteiger partial charge in [-0.05, 0) is 49.9 Å². The quantitative estimate of drug-likeness (QED) is 0.819. The summed E-state index contributed by atoms with van der Waals surface area (Å²) >= 11 is 0. The molecule has 0 unspecified atom stereocenters. The van der Waals surface area contributed by atoms with E-state index in [0.29, 0.717) is 23.8 Å². The highest BCUT2D eigenvalue weighted by Gasteiger charge is 2.22. The van der Waals surface area contributed by atoms with E-state index in [2.05, 4.69) is 12.2 Å². The number of hydrogen-bond donors (Lipinski definition) is 1. The Bertz CT molecular complexity index is 526. The van der Waals surface area contributed by atoms with Crippen LogP contribution in [0.2, 0.25) is 0 Å².